The predicted octanol–water partition coefficient (Wildman–Crippen LogP) is 6.11. The number of amides is 1. The monoisotopic (exact) mass is 443 g/mol. The molecule has 0 saturated carbocycles. The minimum Gasteiger partial charge on any atom is -0.445 e. The van der Waals surface area contributed by atoms with E-state index in [9.17, 15) is 18.0 Å². The summed E-state index contributed by atoms with van der Waals surface area (Å²) in [5.74, 6) is 0. The average Bonchev–Trinajstić information content (AvgIpc) is 2.59. The molecule has 0 spiro atoms. The van der Waals surface area contributed by atoms with E-state index in [0.717, 1.165) is 17.7 Å². The number of carbonyl (C=O) groups is 1. The number of nitrogens with one attached hydrogen (secondary N) is 1. The molecule has 1 amide bonds. The molecule has 0 saturated heterocycles. The molecular formula is C20H21BrF3NO2. The lowest BCUT2D eigenvalue weighted by Gasteiger charge is -2.14. The van der Waals surface area contributed by atoms with Gasteiger partial charge in [-0.05, 0) is 55.5 Å². The van der Waals surface area contributed by atoms with E-state index in [0.29, 0.717) is 29.3 Å². The Morgan fingerprint density at radius 3 is 2.52 bits per heavy atom. The Hall–Kier alpha value is -2.02. The van der Waals surface area contributed by atoms with Crippen LogP contribution in [0.2, 0.25) is 0 Å². The Bertz CT molecular complexity index is 751. The molecule has 27 heavy (non-hydrogen) atoms. The summed E-state index contributed by atoms with van der Waals surface area (Å²) in [5.41, 5.74) is 0.841. The van der Waals surface area contributed by atoms with Crippen LogP contribution in [0.15, 0.2) is 53.0 Å². The van der Waals surface area contributed by atoms with Gasteiger partial charge < -0.3 is 10.1 Å². The van der Waals surface area contributed by atoms with E-state index in [1.807, 2.05) is 37.3 Å². The fraction of sp³-hybridized carbons (Fsp3) is 0.350. The molecule has 146 valence electrons. The molecule has 3 nitrogen and oxygen atoms in total. The molecule has 2 rings (SSSR count). The van der Waals surface area contributed by atoms with Crippen molar-refractivity contribution in [1.29, 1.82) is 0 Å². The van der Waals surface area contributed by atoms with E-state index >= 15 is 0 Å². The van der Waals surface area contributed by atoms with Gasteiger partial charge in [0.1, 0.15) is 6.61 Å². The molecule has 2 aromatic rings. The first-order chi connectivity index (χ1) is 12.7. The number of aryl methyl sites for hydroxylation is 1. The van der Waals surface area contributed by atoms with Gasteiger partial charge in [-0.25, -0.2) is 4.79 Å². The highest BCUT2D eigenvalue weighted by atomic mass is 79.9. The van der Waals surface area contributed by atoms with Gasteiger partial charge >= 0.3 is 12.3 Å². The third kappa shape index (κ3) is 7.62. The summed E-state index contributed by atoms with van der Waals surface area (Å²) in [6.07, 6.45) is -3.10. The molecule has 0 aliphatic carbocycles. The van der Waals surface area contributed by atoms with Gasteiger partial charge in [0.05, 0.1) is 5.56 Å². The minimum absolute atomic E-state index is 0.137. The van der Waals surface area contributed by atoms with Crippen LogP contribution >= 0.6 is 15.9 Å². The van der Waals surface area contributed by atoms with Crippen LogP contribution < -0.4 is 5.32 Å². The molecule has 0 bridgehead atoms. The highest BCUT2D eigenvalue weighted by Gasteiger charge is 2.30. The van der Waals surface area contributed by atoms with Crippen LogP contribution in [0.1, 0.15) is 36.5 Å². The van der Waals surface area contributed by atoms with Crippen LogP contribution in [-0.2, 0) is 23.9 Å². The maximum Gasteiger partial charge on any atom is 0.416 e. The van der Waals surface area contributed by atoms with Crippen LogP contribution in [0.5, 0.6) is 0 Å². The number of benzene rings is 2. The maximum atomic E-state index is 12.9. The third-order valence-electron chi connectivity index (χ3n) is 3.96. The van der Waals surface area contributed by atoms with E-state index in [-0.39, 0.29) is 12.6 Å². The third-order valence-corrected chi connectivity index (χ3v) is 4.42. The molecular weight excluding hydrogens is 423 g/mol. The zero-order chi connectivity index (χ0) is 19.9. The number of hydrogen-bond acceptors (Lipinski definition) is 2. The summed E-state index contributed by atoms with van der Waals surface area (Å²) in [7, 11) is 0. The van der Waals surface area contributed by atoms with Crippen LogP contribution in [0.25, 0.3) is 0 Å². The zero-order valence-electron chi connectivity index (χ0n) is 14.9. The van der Waals surface area contributed by atoms with Gasteiger partial charge in [-0.3, -0.25) is 0 Å². The molecule has 7 heteroatoms. The first kappa shape index (κ1) is 21.3. The molecule has 0 heterocycles. The number of rotatable bonds is 7. The quantitative estimate of drug-likeness (QED) is 0.560. The van der Waals surface area contributed by atoms with Gasteiger partial charge in [0.2, 0.25) is 0 Å². The molecule has 0 aliphatic heterocycles. The maximum absolute atomic E-state index is 12.9. The van der Waals surface area contributed by atoms with Crippen molar-refractivity contribution in [2.75, 3.05) is 0 Å². The fourth-order valence-corrected chi connectivity index (χ4v) is 3.15. The summed E-state index contributed by atoms with van der Waals surface area (Å²) in [5, 5.41) is 2.73. The van der Waals surface area contributed by atoms with Gasteiger partial charge in [0.25, 0.3) is 0 Å². The SMILES string of the molecule is C[C@@H](CCCc1cc(Br)cc(C(F)(F)F)c1)NC(=O)OCc1ccccc1. The first-order valence-corrected chi connectivity index (χ1v) is 9.37. The lowest BCUT2D eigenvalue weighted by Crippen LogP contribution is -2.33. The molecule has 0 radical (unpaired) electrons. The molecule has 2 aromatic carbocycles. The van der Waals surface area contributed by atoms with Gasteiger partial charge in [-0.1, -0.05) is 46.3 Å². The second-order valence-corrected chi connectivity index (χ2v) is 7.26. The number of ether oxygens (including phenoxy) is 1. The first-order valence-electron chi connectivity index (χ1n) is 8.58. The number of halogens is 4. The van der Waals surface area contributed by atoms with Crippen LogP contribution in [0.4, 0.5) is 18.0 Å². The minimum atomic E-state index is -4.37. The van der Waals surface area contributed by atoms with Crippen molar-refractivity contribution in [3.8, 4) is 0 Å². The van der Waals surface area contributed by atoms with Crippen molar-refractivity contribution in [3.63, 3.8) is 0 Å². The Morgan fingerprint density at radius 1 is 1.15 bits per heavy atom. The van der Waals surface area contributed by atoms with Crippen LogP contribution in [0.3, 0.4) is 0 Å². The highest BCUT2D eigenvalue weighted by Crippen LogP contribution is 2.32. The number of alkyl halides is 3. The van der Waals surface area contributed by atoms with Crippen molar-refractivity contribution in [2.45, 2.75) is 45.0 Å². The Balaban J connectivity index is 1.75. The second-order valence-electron chi connectivity index (χ2n) is 6.35. The van der Waals surface area contributed by atoms with Crippen molar-refractivity contribution in [2.24, 2.45) is 0 Å². The van der Waals surface area contributed by atoms with Crippen molar-refractivity contribution >= 4 is 22.0 Å². The van der Waals surface area contributed by atoms with E-state index in [2.05, 4.69) is 21.2 Å². The van der Waals surface area contributed by atoms with Gasteiger partial charge in [0, 0.05) is 10.5 Å². The van der Waals surface area contributed by atoms with Crippen molar-refractivity contribution in [1.82, 2.24) is 5.32 Å². The molecule has 1 N–H and O–H groups in total. The summed E-state index contributed by atoms with van der Waals surface area (Å²) in [4.78, 5) is 11.8. The van der Waals surface area contributed by atoms with Crippen molar-refractivity contribution < 1.29 is 22.7 Å². The normalized spacial score (nSPS) is 12.5. The summed E-state index contributed by atoms with van der Waals surface area (Å²) in [6.45, 7) is 2.03. The van der Waals surface area contributed by atoms with E-state index < -0.39 is 17.8 Å². The summed E-state index contributed by atoms with van der Waals surface area (Å²) >= 11 is 3.12. The largest absolute Gasteiger partial charge is 0.445 e. The molecule has 0 aliphatic rings. The standard InChI is InChI=1S/C20H21BrF3NO2/c1-14(25-19(26)27-13-15-7-3-2-4-8-15)6-5-9-16-10-17(20(22,23)24)12-18(21)11-16/h2-4,7-8,10-12,14H,5-6,9,13H2,1H3,(H,25,26)/t14-/m0/s1. The number of carbonyl (C=O) groups excluding carboxylic acids is 1. The molecule has 0 aromatic heterocycles. The summed E-state index contributed by atoms with van der Waals surface area (Å²) in [6, 6.07) is 13.1. The Labute approximate surface area is 165 Å². The predicted molar refractivity (Wildman–Crippen MR) is 101 cm³/mol. The Morgan fingerprint density at radius 2 is 1.85 bits per heavy atom. The lowest BCUT2D eigenvalue weighted by atomic mass is 10.0. The zero-order valence-corrected chi connectivity index (χ0v) is 16.4. The molecule has 0 unspecified atom stereocenters. The van der Waals surface area contributed by atoms with Gasteiger partial charge in [-0.15, -0.1) is 0 Å². The highest BCUT2D eigenvalue weighted by molar-refractivity contribution is 9.10. The summed E-state index contributed by atoms with van der Waals surface area (Å²) < 4.78 is 44.1. The molecule has 1 atom stereocenters. The van der Waals surface area contributed by atoms with E-state index in [4.69, 9.17) is 4.74 Å². The number of alkyl carbamates (subject to hydrolysis) is 1. The fourth-order valence-electron chi connectivity index (χ4n) is 2.61. The lowest BCUT2D eigenvalue weighted by molar-refractivity contribution is -0.137. The number of hydrogen-bond donors (Lipinski definition) is 1. The average molecular weight is 444 g/mol. The topological polar surface area (TPSA) is 38.3 Å². The second kappa shape index (κ2) is 9.78. The van der Waals surface area contributed by atoms with Crippen molar-refractivity contribution in [3.05, 3.63) is 69.7 Å². The van der Waals surface area contributed by atoms with Crippen LogP contribution in [0, 0.1) is 0 Å². The Kier molecular flexibility index (Phi) is 7.71. The van der Waals surface area contributed by atoms with Gasteiger partial charge in [0.15, 0.2) is 0 Å². The smallest absolute Gasteiger partial charge is 0.416 e. The van der Waals surface area contributed by atoms with Gasteiger partial charge in [-0.2, -0.15) is 13.2 Å². The van der Waals surface area contributed by atoms with Crippen LogP contribution in [-0.4, -0.2) is 12.1 Å². The van der Waals surface area contributed by atoms with E-state index in [1.54, 1.807) is 6.07 Å². The van der Waals surface area contributed by atoms with E-state index in [1.165, 1.54) is 0 Å². The molecule has 0 fully saturated rings.